The highest BCUT2D eigenvalue weighted by atomic mass is 35.5. The minimum Gasteiger partial charge on any atom is -0.459 e. The molecule has 1 N–H and O–H groups in total. The van der Waals surface area contributed by atoms with Gasteiger partial charge in [0.1, 0.15) is 11.3 Å². The lowest BCUT2D eigenvalue weighted by molar-refractivity contribution is 0.477. The van der Waals surface area contributed by atoms with Crippen molar-refractivity contribution in [3.05, 3.63) is 69.9 Å². The Labute approximate surface area is 133 Å². The number of hydrogen-bond donors (Lipinski definition) is 1. The van der Waals surface area contributed by atoms with Crippen LogP contribution in [-0.2, 0) is 0 Å². The van der Waals surface area contributed by atoms with E-state index in [1.54, 1.807) is 0 Å². The fraction of sp³-hybridized carbons (Fsp3) is 0.176. The van der Waals surface area contributed by atoms with Crippen molar-refractivity contribution < 1.29 is 4.42 Å². The standard InChI is InChI=1S/C17H15Cl2NO/c1-2-20-17(16-12(18)7-5-8-13(16)19)15-10-11-6-3-4-9-14(11)21-15/h3-10,17,20H,2H2,1H3. The van der Waals surface area contributed by atoms with Crippen molar-refractivity contribution in [3.63, 3.8) is 0 Å². The minimum atomic E-state index is -0.163. The molecule has 21 heavy (non-hydrogen) atoms. The maximum Gasteiger partial charge on any atom is 0.134 e. The normalized spacial score (nSPS) is 12.7. The monoisotopic (exact) mass is 319 g/mol. The van der Waals surface area contributed by atoms with Crippen LogP contribution < -0.4 is 5.32 Å². The zero-order valence-corrected chi connectivity index (χ0v) is 13.1. The van der Waals surface area contributed by atoms with Crippen LogP contribution in [0.4, 0.5) is 0 Å². The minimum absolute atomic E-state index is 0.163. The van der Waals surface area contributed by atoms with E-state index in [-0.39, 0.29) is 6.04 Å². The van der Waals surface area contributed by atoms with Crippen molar-refractivity contribution in [2.24, 2.45) is 0 Å². The van der Waals surface area contributed by atoms with Crippen molar-refractivity contribution in [1.29, 1.82) is 0 Å². The second kappa shape index (κ2) is 6.10. The van der Waals surface area contributed by atoms with Crippen LogP contribution in [0.2, 0.25) is 10.0 Å². The van der Waals surface area contributed by atoms with Gasteiger partial charge in [0.15, 0.2) is 0 Å². The lowest BCUT2D eigenvalue weighted by atomic mass is 10.0. The highest BCUT2D eigenvalue weighted by molar-refractivity contribution is 6.36. The fourth-order valence-corrected chi connectivity index (χ4v) is 3.10. The van der Waals surface area contributed by atoms with E-state index in [2.05, 4.69) is 5.32 Å². The topological polar surface area (TPSA) is 25.2 Å². The van der Waals surface area contributed by atoms with Crippen LogP contribution in [0.3, 0.4) is 0 Å². The highest BCUT2D eigenvalue weighted by Crippen LogP contribution is 2.36. The van der Waals surface area contributed by atoms with E-state index in [1.807, 2.05) is 55.5 Å². The molecule has 108 valence electrons. The summed E-state index contributed by atoms with van der Waals surface area (Å²) in [5.74, 6) is 0.813. The van der Waals surface area contributed by atoms with Crippen molar-refractivity contribution in [2.45, 2.75) is 13.0 Å². The molecule has 0 amide bonds. The first-order chi connectivity index (χ1) is 10.2. The lowest BCUT2D eigenvalue weighted by Crippen LogP contribution is -2.22. The van der Waals surface area contributed by atoms with E-state index in [0.717, 1.165) is 28.8 Å². The van der Waals surface area contributed by atoms with E-state index in [4.69, 9.17) is 27.6 Å². The van der Waals surface area contributed by atoms with Gasteiger partial charge in [-0.05, 0) is 30.8 Å². The molecule has 0 fully saturated rings. The summed E-state index contributed by atoms with van der Waals surface area (Å²) in [5.41, 5.74) is 1.71. The van der Waals surface area contributed by atoms with Crippen LogP contribution in [-0.4, -0.2) is 6.54 Å². The van der Waals surface area contributed by atoms with Gasteiger partial charge in [-0.3, -0.25) is 0 Å². The maximum absolute atomic E-state index is 6.34. The molecule has 3 rings (SSSR count). The molecule has 4 heteroatoms. The third kappa shape index (κ3) is 2.80. The van der Waals surface area contributed by atoms with Crippen molar-refractivity contribution in [2.75, 3.05) is 6.54 Å². The van der Waals surface area contributed by atoms with Gasteiger partial charge in [-0.25, -0.2) is 0 Å². The summed E-state index contributed by atoms with van der Waals surface area (Å²) in [4.78, 5) is 0. The van der Waals surface area contributed by atoms with Gasteiger partial charge in [-0.1, -0.05) is 54.4 Å². The van der Waals surface area contributed by atoms with Gasteiger partial charge in [0.2, 0.25) is 0 Å². The Balaban J connectivity index is 2.13. The Morgan fingerprint density at radius 1 is 1.05 bits per heavy atom. The first-order valence-electron chi connectivity index (χ1n) is 6.86. The quantitative estimate of drug-likeness (QED) is 0.692. The van der Waals surface area contributed by atoms with Gasteiger partial charge in [0, 0.05) is 21.0 Å². The Morgan fingerprint density at radius 2 is 1.76 bits per heavy atom. The van der Waals surface area contributed by atoms with Crippen LogP contribution in [0.1, 0.15) is 24.3 Å². The Hall–Kier alpha value is -1.48. The predicted octanol–water partition coefficient (Wildman–Crippen LogP) is 5.44. The Bertz CT molecular complexity index is 713. The molecule has 0 bridgehead atoms. The zero-order valence-electron chi connectivity index (χ0n) is 11.6. The largest absolute Gasteiger partial charge is 0.459 e. The number of para-hydroxylation sites is 1. The molecule has 0 aliphatic heterocycles. The van der Waals surface area contributed by atoms with Gasteiger partial charge < -0.3 is 9.73 Å². The molecule has 0 saturated carbocycles. The van der Waals surface area contributed by atoms with Crippen LogP contribution in [0.15, 0.2) is 52.9 Å². The van der Waals surface area contributed by atoms with Gasteiger partial charge in [0.25, 0.3) is 0 Å². The number of rotatable bonds is 4. The average Bonchev–Trinajstić information content (AvgIpc) is 2.89. The first kappa shape index (κ1) is 14.5. The molecule has 0 aliphatic rings. The second-order valence-electron chi connectivity index (χ2n) is 4.81. The van der Waals surface area contributed by atoms with E-state index in [9.17, 15) is 0 Å². The molecule has 0 spiro atoms. The van der Waals surface area contributed by atoms with Gasteiger partial charge in [-0.15, -0.1) is 0 Å². The summed E-state index contributed by atoms with van der Waals surface area (Å²) in [6.45, 7) is 2.82. The molecule has 0 saturated heterocycles. The SMILES string of the molecule is CCNC(c1cc2ccccc2o1)c1c(Cl)cccc1Cl. The van der Waals surface area contributed by atoms with Crippen LogP contribution in [0, 0.1) is 0 Å². The molecule has 1 atom stereocenters. The van der Waals surface area contributed by atoms with Crippen LogP contribution >= 0.6 is 23.2 Å². The number of halogens is 2. The molecule has 3 aromatic rings. The smallest absolute Gasteiger partial charge is 0.134 e. The summed E-state index contributed by atoms with van der Waals surface area (Å²) in [6, 6.07) is 15.3. The summed E-state index contributed by atoms with van der Waals surface area (Å²) >= 11 is 12.7. The van der Waals surface area contributed by atoms with E-state index in [0.29, 0.717) is 10.0 Å². The summed E-state index contributed by atoms with van der Waals surface area (Å²) in [5, 5.41) is 5.73. The van der Waals surface area contributed by atoms with Crippen molar-refractivity contribution >= 4 is 34.2 Å². The number of benzene rings is 2. The molecule has 1 heterocycles. The van der Waals surface area contributed by atoms with E-state index < -0.39 is 0 Å². The van der Waals surface area contributed by atoms with E-state index >= 15 is 0 Å². The summed E-state index contributed by atoms with van der Waals surface area (Å²) in [6.07, 6.45) is 0. The Morgan fingerprint density at radius 3 is 2.43 bits per heavy atom. The molecule has 1 aromatic heterocycles. The number of furan rings is 1. The predicted molar refractivity (Wildman–Crippen MR) is 88.2 cm³/mol. The molecule has 0 radical (unpaired) electrons. The summed E-state index contributed by atoms with van der Waals surface area (Å²) in [7, 11) is 0. The molecule has 2 aromatic carbocycles. The average molecular weight is 320 g/mol. The highest BCUT2D eigenvalue weighted by Gasteiger charge is 2.22. The van der Waals surface area contributed by atoms with Gasteiger partial charge in [0.05, 0.1) is 6.04 Å². The second-order valence-corrected chi connectivity index (χ2v) is 5.63. The molecule has 0 aliphatic carbocycles. The lowest BCUT2D eigenvalue weighted by Gasteiger charge is -2.18. The number of fused-ring (bicyclic) bond motifs is 1. The molecular weight excluding hydrogens is 305 g/mol. The molecule has 2 nitrogen and oxygen atoms in total. The third-order valence-corrected chi connectivity index (χ3v) is 4.08. The Kier molecular flexibility index (Phi) is 4.20. The van der Waals surface area contributed by atoms with Gasteiger partial charge >= 0.3 is 0 Å². The number of nitrogens with one attached hydrogen (secondary N) is 1. The maximum atomic E-state index is 6.34. The van der Waals surface area contributed by atoms with E-state index in [1.165, 1.54) is 0 Å². The summed E-state index contributed by atoms with van der Waals surface area (Å²) < 4.78 is 5.97. The van der Waals surface area contributed by atoms with Crippen LogP contribution in [0.5, 0.6) is 0 Å². The molecular formula is C17H15Cl2NO. The first-order valence-corrected chi connectivity index (χ1v) is 7.62. The third-order valence-electron chi connectivity index (χ3n) is 3.43. The fourth-order valence-electron chi connectivity index (χ4n) is 2.48. The van der Waals surface area contributed by atoms with Crippen molar-refractivity contribution in [3.8, 4) is 0 Å². The van der Waals surface area contributed by atoms with Crippen molar-refractivity contribution in [1.82, 2.24) is 5.32 Å². The zero-order chi connectivity index (χ0) is 14.8. The van der Waals surface area contributed by atoms with Gasteiger partial charge in [-0.2, -0.15) is 0 Å². The van der Waals surface area contributed by atoms with Crippen LogP contribution in [0.25, 0.3) is 11.0 Å². The molecule has 1 unspecified atom stereocenters. The number of hydrogen-bond acceptors (Lipinski definition) is 2.